The fourth-order valence-electron chi connectivity index (χ4n) is 1.52. The topological polar surface area (TPSA) is 52.1 Å². The van der Waals surface area contributed by atoms with Crippen LogP contribution in [0.2, 0.25) is 5.15 Å². The lowest BCUT2D eigenvalue weighted by Gasteiger charge is -2.09. The van der Waals surface area contributed by atoms with Crippen LogP contribution >= 0.6 is 23.4 Å². The molecule has 86 valence electrons. The molecule has 0 amide bonds. The number of aromatic nitrogens is 2. The van der Waals surface area contributed by atoms with Gasteiger partial charge < -0.3 is 4.74 Å². The number of ether oxygens (including phenoxy) is 1. The first-order valence-electron chi connectivity index (χ1n) is 5.01. The fraction of sp³-hybridized carbons (Fsp3) is 0.500. The Morgan fingerprint density at radius 1 is 1.62 bits per heavy atom. The average Bonchev–Trinajstić information content (AvgIpc) is 2.79. The zero-order chi connectivity index (χ0) is 11.4. The molecule has 1 unspecified atom stereocenters. The highest BCUT2D eigenvalue weighted by Gasteiger charge is 2.17. The van der Waals surface area contributed by atoms with Crippen LogP contribution in [0.15, 0.2) is 11.4 Å². The quantitative estimate of drug-likeness (QED) is 0.471. The predicted molar refractivity (Wildman–Crippen MR) is 62.1 cm³/mol. The number of halogens is 1. The van der Waals surface area contributed by atoms with Crippen LogP contribution in [-0.4, -0.2) is 34.7 Å². The van der Waals surface area contributed by atoms with E-state index < -0.39 is 0 Å². The summed E-state index contributed by atoms with van der Waals surface area (Å²) in [4.78, 5) is 18.7. The maximum atomic E-state index is 10.8. The zero-order valence-electron chi connectivity index (χ0n) is 8.56. The standard InChI is InChI=1S/C10H11ClN2O2S/c11-9-8(4-14)10(13-6-12-9)16-5-7-2-1-3-15-7/h4,6-7H,1-3,5H2. The number of hydrogen-bond acceptors (Lipinski definition) is 5. The Labute approximate surface area is 103 Å². The van der Waals surface area contributed by atoms with E-state index in [1.54, 1.807) is 0 Å². The Hall–Kier alpha value is -0.650. The second kappa shape index (κ2) is 5.61. The van der Waals surface area contributed by atoms with Gasteiger partial charge in [0.15, 0.2) is 6.29 Å². The highest BCUT2D eigenvalue weighted by atomic mass is 35.5. The number of carbonyl (C=O) groups excluding carboxylic acids is 1. The molecule has 2 rings (SSSR count). The molecule has 0 bridgehead atoms. The van der Waals surface area contributed by atoms with Gasteiger partial charge in [-0.25, -0.2) is 9.97 Å². The highest BCUT2D eigenvalue weighted by molar-refractivity contribution is 7.99. The van der Waals surface area contributed by atoms with Crippen molar-refractivity contribution >= 4 is 29.6 Å². The van der Waals surface area contributed by atoms with Gasteiger partial charge in [-0.1, -0.05) is 11.6 Å². The summed E-state index contributed by atoms with van der Waals surface area (Å²) >= 11 is 7.29. The van der Waals surface area contributed by atoms with Crippen LogP contribution < -0.4 is 0 Å². The molecule has 16 heavy (non-hydrogen) atoms. The van der Waals surface area contributed by atoms with E-state index >= 15 is 0 Å². The summed E-state index contributed by atoms with van der Waals surface area (Å²) in [5.74, 6) is 0.800. The average molecular weight is 259 g/mol. The van der Waals surface area contributed by atoms with Gasteiger partial charge in [0.2, 0.25) is 0 Å². The Bertz CT molecular complexity index is 383. The molecule has 6 heteroatoms. The Morgan fingerprint density at radius 3 is 3.19 bits per heavy atom. The van der Waals surface area contributed by atoms with E-state index in [0.29, 0.717) is 16.9 Å². The van der Waals surface area contributed by atoms with Crippen LogP contribution in [0.25, 0.3) is 0 Å². The molecule has 0 N–H and O–H groups in total. The highest BCUT2D eigenvalue weighted by Crippen LogP contribution is 2.26. The second-order valence-corrected chi connectivity index (χ2v) is 4.81. The molecule has 1 aromatic rings. The van der Waals surface area contributed by atoms with Crippen LogP contribution in [0.3, 0.4) is 0 Å². The molecule has 0 aliphatic carbocycles. The van der Waals surface area contributed by atoms with Gasteiger partial charge in [0.05, 0.1) is 11.7 Å². The maximum absolute atomic E-state index is 10.8. The number of carbonyl (C=O) groups is 1. The number of nitrogens with zero attached hydrogens (tertiary/aromatic N) is 2. The zero-order valence-corrected chi connectivity index (χ0v) is 10.1. The van der Waals surface area contributed by atoms with Crippen molar-refractivity contribution in [2.24, 2.45) is 0 Å². The Morgan fingerprint density at radius 2 is 2.50 bits per heavy atom. The molecule has 0 spiro atoms. The van der Waals surface area contributed by atoms with Crippen molar-refractivity contribution in [1.29, 1.82) is 0 Å². The maximum Gasteiger partial charge on any atom is 0.155 e. The first-order chi connectivity index (χ1) is 7.81. The molecule has 1 fully saturated rings. The molecular formula is C10H11ClN2O2S. The molecule has 1 aromatic heterocycles. The summed E-state index contributed by atoms with van der Waals surface area (Å²) in [7, 11) is 0. The van der Waals surface area contributed by atoms with E-state index in [1.807, 2.05) is 0 Å². The largest absolute Gasteiger partial charge is 0.377 e. The molecule has 0 aromatic carbocycles. The monoisotopic (exact) mass is 258 g/mol. The lowest BCUT2D eigenvalue weighted by molar-refractivity contribution is 0.111. The van der Waals surface area contributed by atoms with Crippen molar-refractivity contribution in [3.8, 4) is 0 Å². The second-order valence-electron chi connectivity index (χ2n) is 3.45. The van der Waals surface area contributed by atoms with Gasteiger partial charge in [0.1, 0.15) is 16.5 Å². The first kappa shape index (κ1) is 11.8. The van der Waals surface area contributed by atoms with E-state index in [4.69, 9.17) is 16.3 Å². The number of hydrogen-bond donors (Lipinski definition) is 0. The number of aldehydes is 1. The lowest BCUT2D eigenvalue weighted by Crippen LogP contribution is -2.08. The molecule has 0 radical (unpaired) electrons. The summed E-state index contributed by atoms with van der Waals surface area (Å²) in [5, 5.41) is 0.838. The van der Waals surface area contributed by atoms with Crippen molar-refractivity contribution < 1.29 is 9.53 Å². The van der Waals surface area contributed by atoms with Crippen molar-refractivity contribution in [3.05, 3.63) is 17.0 Å². The molecule has 2 heterocycles. The van der Waals surface area contributed by atoms with Crippen molar-refractivity contribution in [1.82, 2.24) is 9.97 Å². The van der Waals surface area contributed by atoms with Gasteiger partial charge in [0.25, 0.3) is 0 Å². The van der Waals surface area contributed by atoms with Crippen LogP contribution in [-0.2, 0) is 4.74 Å². The minimum absolute atomic E-state index is 0.208. The van der Waals surface area contributed by atoms with Crippen molar-refractivity contribution in [3.63, 3.8) is 0 Å². The van der Waals surface area contributed by atoms with E-state index in [9.17, 15) is 4.79 Å². The lowest BCUT2D eigenvalue weighted by atomic mass is 10.3. The van der Waals surface area contributed by atoms with Crippen LogP contribution in [0.1, 0.15) is 23.2 Å². The smallest absolute Gasteiger partial charge is 0.155 e. The van der Waals surface area contributed by atoms with E-state index in [0.717, 1.165) is 25.2 Å². The Kier molecular flexibility index (Phi) is 4.15. The van der Waals surface area contributed by atoms with Gasteiger partial charge in [-0.2, -0.15) is 0 Å². The molecule has 1 atom stereocenters. The van der Waals surface area contributed by atoms with Crippen LogP contribution in [0.4, 0.5) is 0 Å². The fourth-order valence-corrected chi connectivity index (χ4v) is 2.78. The molecule has 1 aliphatic heterocycles. The molecule has 1 aliphatic rings. The number of thioether (sulfide) groups is 1. The summed E-state index contributed by atoms with van der Waals surface area (Å²) < 4.78 is 5.49. The van der Waals surface area contributed by atoms with Gasteiger partial charge in [-0.3, -0.25) is 4.79 Å². The third kappa shape index (κ3) is 2.72. The van der Waals surface area contributed by atoms with Crippen molar-refractivity contribution in [2.75, 3.05) is 12.4 Å². The molecule has 0 saturated carbocycles. The van der Waals surface area contributed by atoms with Crippen LogP contribution in [0.5, 0.6) is 0 Å². The Balaban J connectivity index is 2.02. The van der Waals surface area contributed by atoms with Gasteiger partial charge >= 0.3 is 0 Å². The normalized spacial score (nSPS) is 19.9. The minimum atomic E-state index is 0.208. The third-order valence-electron chi connectivity index (χ3n) is 2.35. The molecule has 1 saturated heterocycles. The SMILES string of the molecule is O=Cc1c(Cl)ncnc1SCC1CCCO1. The summed E-state index contributed by atoms with van der Waals surface area (Å²) in [6.45, 7) is 0.830. The van der Waals surface area contributed by atoms with E-state index in [-0.39, 0.29) is 11.3 Å². The minimum Gasteiger partial charge on any atom is -0.377 e. The summed E-state index contributed by atoms with van der Waals surface area (Å²) in [6, 6.07) is 0. The van der Waals surface area contributed by atoms with Gasteiger partial charge in [0, 0.05) is 12.4 Å². The summed E-state index contributed by atoms with van der Waals surface area (Å²) in [6.07, 6.45) is 4.50. The van der Waals surface area contributed by atoms with E-state index in [2.05, 4.69) is 9.97 Å². The summed E-state index contributed by atoms with van der Waals surface area (Å²) in [5.41, 5.74) is 0.368. The van der Waals surface area contributed by atoms with Gasteiger partial charge in [-0.05, 0) is 12.8 Å². The van der Waals surface area contributed by atoms with E-state index in [1.165, 1.54) is 18.1 Å². The van der Waals surface area contributed by atoms with Crippen LogP contribution in [0, 0.1) is 0 Å². The van der Waals surface area contributed by atoms with Gasteiger partial charge in [-0.15, -0.1) is 11.8 Å². The van der Waals surface area contributed by atoms with Crippen molar-refractivity contribution in [2.45, 2.75) is 24.0 Å². The third-order valence-corrected chi connectivity index (χ3v) is 3.78. The molecule has 4 nitrogen and oxygen atoms in total. The number of rotatable bonds is 4. The molecular weight excluding hydrogens is 248 g/mol. The first-order valence-corrected chi connectivity index (χ1v) is 6.37. The predicted octanol–water partition coefficient (Wildman–Crippen LogP) is 2.21.